The van der Waals surface area contributed by atoms with E-state index in [1.165, 1.54) is 0 Å². The van der Waals surface area contributed by atoms with E-state index in [9.17, 15) is 16.8 Å². The maximum absolute atomic E-state index is 11.8. The van der Waals surface area contributed by atoms with Crippen LogP contribution in [0.2, 0.25) is 0 Å². The van der Waals surface area contributed by atoms with Crippen LogP contribution < -0.4 is 5.73 Å². The lowest BCUT2D eigenvalue weighted by atomic mass is 10.1. The SMILES string of the molecule is Cc1c(N)cccc1CS(=O)(=O)CCS(C)(=O)=O. The second kappa shape index (κ2) is 5.27. The molecule has 1 aromatic carbocycles. The van der Waals surface area contributed by atoms with Gasteiger partial charge in [-0.25, -0.2) is 16.8 Å². The van der Waals surface area contributed by atoms with E-state index in [0.29, 0.717) is 11.3 Å². The molecule has 0 aliphatic heterocycles. The lowest BCUT2D eigenvalue weighted by Crippen LogP contribution is -2.18. The summed E-state index contributed by atoms with van der Waals surface area (Å²) >= 11 is 0. The lowest BCUT2D eigenvalue weighted by Gasteiger charge is -2.08. The van der Waals surface area contributed by atoms with Gasteiger partial charge in [0.15, 0.2) is 9.84 Å². The Kier molecular flexibility index (Phi) is 4.39. The first-order valence-corrected chi connectivity index (χ1v) is 9.21. The van der Waals surface area contributed by atoms with Crippen LogP contribution in [0.1, 0.15) is 11.1 Å². The number of nitrogens with two attached hydrogens (primary N) is 1. The molecule has 0 spiro atoms. The van der Waals surface area contributed by atoms with Gasteiger partial charge in [0.05, 0.1) is 17.3 Å². The summed E-state index contributed by atoms with van der Waals surface area (Å²) < 4.78 is 45.5. The highest BCUT2D eigenvalue weighted by molar-refractivity contribution is 7.94. The number of nitrogen functional groups attached to an aromatic ring is 1. The van der Waals surface area contributed by atoms with Crippen LogP contribution in [0.15, 0.2) is 18.2 Å². The summed E-state index contributed by atoms with van der Waals surface area (Å²) in [5.41, 5.74) is 7.56. The maximum atomic E-state index is 11.8. The first-order valence-electron chi connectivity index (χ1n) is 5.33. The quantitative estimate of drug-likeness (QED) is 0.799. The lowest BCUT2D eigenvalue weighted by molar-refractivity contribution is 0.589. The zero-order valence-electron chi connectivity index (χ0n) is 10.4. The molecule has 0 unspecified atom stereocenters. The molecular weight excluding hydrogens is 274 g/mol. The van der Waals surface area contributed by atoms with E-state index >= 15 is 0 Å². The molecule has 1 aromatic rings. The minimum absolute atomic E-state index is 0.181. The van der Waals surface area contributed by atoms with E-state index in [-0.39, 0.29) is 17.3 Å². The molecule has 5 nitrogen and oxygen atoms in total. The van der Waals surface area contributed by atoms with Crippen molar-refractivity contribution in [2.75, 3.05) is 23.5 Å². The Morgan fingerprint density at radius 2 is 1.72 bits per heavy atom. The van der Waals surface area contributed by atoms with Crippen molar-refractivity contribution >= 4 is 25.4 Å². The fourth-order valence-corrected chi connectivity index (χ4v) is 4.60. The third kappa shape index (κ3) is 4.66. The van der Waals surface area contributed by atoms with Crippen molar-refractivity contribution in [2.45, 2.75) is 12.7 Å². The van der Waals surface area contributed by atoms with Crippen molar-refractivity contribution in [1.29, 1.82) is 0 Å². The fraction of sp³-hybridized carbons (Fsp3) is 0.455. The Morgan fingerprint density at radius 3 is 2.28 bits per heavy atom. The van der Waals surface area contributed by atoms with Crippen molar-refractivity contribution in [2.24, 2.45) is 0 Å². The van der Waals surface area contributed by atoms with E-state index in [1.807, 2.05) is 0 Å². The van der Waals surface area contributed by atoms with Crippen LogP contribution in [0.4, 0.5) is 5.69 Å². The van der Waals surface area contributed by atoms with Gasteiger partial charge in [0.2, 0.25) is 0 Å². The van der Waals surface area contributed by atoms with Gasteiger partial charge in [-0.15, -0.1) is 0 Å². The van der Waals surface area contributed by atoms with Gasteiger partial charge in [0, 0.05) is 11.9 Å². The van der Waals surface area contributed by atoms with Crippen LogP contribution in [0.25, 0.3) is 0 Å². The smallest absolute Gasteiger partial charge is 0.155 e. The molecule has 18 heavy (non-hydrogen) atoms. The molecule has 0 amide bonds. The summed E-state index contributed by atoms with van der Waals surface area (Å²) in [7, 11) is -6.71. The number of anilines is 1. The third-order valence-electron chi connectivity index (χ3n) is 2.63. The summed E-state index contributed by atoms with van der Waals surface area (Å²) in [4.78, 5) is 0. The fourth-order valence-electron chi connectivity index (χ4n) is 1.45. The van der Waals surface area contributed by atoms with Crippen molar-refractivity contribution in [3.63, 3.8) is 0 Å². The average Bonchev–Trinajstić information content (AvgIpc) is 2.21. The van der Waals surface area contributed by atoms with Gasteiger partial charge in [-0.2, -0.15) is 0 Å². The number of hydrogen-bond donors (Lipinski definition) is 1. The van der Waals surface area contributed by atoms with Crippen LogP contribution in [0, 0.1) is 6.92 Å². The zero-order chi connectivity index (χ0) is 14.0. The van der Waals surface area contributed by atoms with E-state index in [2.05, 4.69) is 0 Å². The predicted octanol–water partition coefficient (Wildman–Crippen LogP) is 0.537. The van der Waals surface area contributed by atoms with Crippen molar-refractivity contribution in [3.05, 3.63) is 29.3 Å². The molecule has 0 aliphatic rings. The molecule has 0 saturated heterocycles. The molecule has 0 saturated carbocycles. The molecule has 0 aromatic heterocycles. The Morgan fingerprint density at radius 1 is 1.11 bits per heavy atom. The highest BCUT2D eigenvalue weighted by atomic mass is 32.2. The topological polar surface area (TPSA) is 94.3 Å². The van der Waals surface area contributed by atoms with Crippen LogP contribution in [0.5, 0.6) is 0 Å². The van der Waals surface area contributed by atoms with Gasteiger partial charge in [-0.05, 0) is 24.1 Å². The summed E-state index contributed by atoms with van der Waals surface area (Å²) in [5, 5.41) is 0. The molecule has 0 atom stereocenters. The zero-order valence-corrected chi connectivity index (χ0v) is 12.0. The summed E-state index contributed by atoms with van der Waals surface area (Å²) in [6.07, 6.45) is 1.02. The molecule has 0 heterocycles. The largest absolute Gasteiger partial charge is 0.399 e. The summed E-state index contributed by atoms with van der Waals surface area (Å²) in [5.74, 6) is -0.893. The first kappa shape index (κ1) is 15.0. The molecule has 0 bridgehead atoms. The molecule has 0 aliphatic carbocycles. The Labute approximate surface area is 108 Å². The third-order valence-corrected chi connectivity index (χ3v) is 5.41. The Hall–Kier alpha value is -1.08. The molecule has 0 radical (unpaired) electrons. The summed E-state index contributed by atoms with van der Waals surface area (Å²) in [6, 6.07) is 5.06. The van der Waals surface area contributed by atoms with Crippen molar-refractivity contribution < 1.29 is 16.8 Å². The highest BCUT2D eigenvalue weighted by Crippen LogP contribution is 2.18. The predicted molar refractivity (Wildman–Crippen MR) is 72.8 cm³/mol. The Bertz CT molecular complexity index is 633. The minimum Gasteiger partial charge on any atom is -0.399 e. The molecule has 1 rings (SSSR count). The number of hydrogen-bond acceptors (Lipinski definition) is 5. The molecule has 102 valence electrons. The monoisotopic (exact) mass is 291 g/mol. The second-order valence-corrected chi connectivity index (χ2v) is 8.80. The highest BCUT2D eigenvalue weighted by Gasteiger charge is 2.17. The molecular formula is C11H17NO4S2. The van der Waals surface area contributed by atoms with E-state index in [1.54, 1.807) is 25.1 Å². The van der Waals surface area contributed by atoms with Crippen molar-refractivity contribution in [1.82, 2.24) is 0 Å². The van der Waals surface area contributed by atoms with E-state index in [0.717, 1.165) is 11.8 Å². The van der Waals surface area contributed by atoms with Gasteiger partial charge in [-0.3, -0.25) is 0 Å². The number of sulfone groups is 2. The van der Waals surface area contributed by atoms with Crippen LogP contribution in [-0.4, -0.2) is 34.6 Å². The van der Waals surface area contributed by atoms with E-state index < -0.39 is 19.7 Å². The van der Waals surface area contributed by atoms with Crippen LogP contribution >= 0.6 is 0 Å². The minimum atomic E-state index is -3.44. The van der Waals surface area contributed by atoms with Crippen molar-refractivity contribution in [3.8, 4) is 0 Å². The average molecular weight is 291 g/mol. The Balaban J connectivity index is 2.87. The van der Waals surface area contributed by atoms with Gasteiger partial charge < -0.3 is 5.73 Å². The van der Waals surface area contributed by atoms with Crippen LogP contribution in [-0.2, 0) is 25.4 Å². The standard InChI is InChI=1S/C11H17NO4S2/c1-9-10(4-3-5-11(9)12)8-18(15,16)7-6-17(2,13)14/h3-5H,6-8,12H2,1-2H3. The van der Waals surface area contributed by atoms with Gasteiger partial charge in [-0.1, -0.05) is 12.1 Å². The molecule has 2 N–H and O–H groups in total. The maximum Gasteiger partial charge on any atom is 0.155 e. The summed E-state index contributed by atoms with van der Waals surface area (Å²) in [6.45, 7) is 1.75. The van der Waals surface area contributed by atoms with Gasteiger partial charge in [0.1, 0.15) is 9.84 Å². The first-order chi connectivity index (χ1) is 8.11. The number of benzene rings is 1. The van der Waals surface area contributed by atoms with Crippen LogP contribution in [0.3, 0.4) is 0 Å². The van der Waals surface area contributed by atoms with E-state index in [4.69, 9.17) is 5.73 Å². The molecule has 0 fully saturated rings. The molecule has 7 heteroatoms. The van der Waals surface area contributed by atoms with Gasteiger partial charge >= 0.3 is 0 Å². The van der Waals surface area contributed by atoms with Gasteiger partial charge in [0.25, 0.3) is 0 Å². The second-order valence-electron chi connectivity index (χ2n) is 4.35. The normalized spacial score (nSPS) is 12.6. The number of rotatable bonds is 5.